The van der Waals surface area contributed by atoms with Gasteiger partial charge in [0.05, 0.1) is 12.4 Å². The molecule has 1 atom stereocenters. The summed E-state index contributed by atoms with van der Waals surface area (Å²) in [5.41, 5.74) is 0. The Morgan fingerprint density at radius 1 is 1.55 bits per heavy atom. The molecule has 0 saturated carbocycles. The van der Waals surface area contributed by atoms with E-state index in [0.29, 0.717) is 6.42 Å². The largest absolute Gasteiger partial charge is 0.264 e. The lowest BCUT2D eigenvalue weighted by Crippen LogP contribution is -2.13. The van der Waals surface area contributed by atoms with Gasteiger partial charge in [0.2, 0.25) is 0 Å². The van der Waals surface area contributed by atoms with Crippen molar-refractivity contribution in [3.05, 3.63) is 25.3 Å². The Kier molecular flexibility index (Phi) is 4.07. The minimum absolute atomic E-state index is 0.455. The summed E-state index contributed by atoms with van der Waals surface area (Å²) in [7, 11) is -3.38. The minimum Gasteiger partial charge on any atom is -0.262 e. The van der Waals surface area contributed by atoms with Crippen molar-refractivity contribution in [1.82, 2.24) is 0 Å². The summed E-state index contributed by atoms with van der Waals surface area (Å²) in [6, 6.07) is 0. The Bertz CT molecular complexity index is 228. The normalized spacial score (nSPS) is 13.9. The van der Waals surface area contributed by atoms with Gasteiger partial charge in [0.15, 0.2) is 0 Å². The van der Waals surface area contributed by atoms with Crippen LogP contribution in [0.5, 0.6) is 0 Å². The Hall–Kier alpha value is -0.610. The molecule has 0 aliphatic rings. The topological polar surface area (TPSA) is 43.4 Å². The summed E-state index contributed by atoms with van der Waals surface area (Å²) in [5, 5.41) is 0. The second-order valence-electron chi connectivity index (χ2n) is 2.10. The molecule has 0 aromatic rings. The van der Waals surface area contributed by atoms with Gasteiger partial charge >= 0.3 is 0 Å². The smallest absolute Gasteiger partial charge is 0.262 e. The van der Waals surface area contributed by atoms with Crippen molar-refractivity contribution >= 4 is 10.1 Å². The van der Waals surface area contributed by atoms with Crippen LogP contribution < -0.4 is 0 Å². The van der Waals surface area contributed by atoms with Gasteiger partial charge in [-0.15, -0.1) is 13.2 Å². The van der Waals surface area contributed by atoms with Crippen molar-refractivity contribution < 1.29 is 12.6 Å². The molecule has 64 valence electrons. The fourth-order valence-corrected chi connectivity index (χ4v) is 1.17. The maximum atomic E-state index is 10.6. The molecule has 0 amide bonds. The molecule has 0 N–H and O–H groups in total. The standard InChI is InChI=1S/C7H12O3S/c1-4-6-7(5-2)10-11(3,8)9/h4-5,7H,1-2,6H2,3H3. The molecule has 0 aliphatic carbocycles. The molecule has 0 radical (unpaired) electrons. The van der Waals surface area contributed by atoms with E-state index in [4.69, 9.17) is 0 Å². The van der Waals surface area contributed by atoms with Crippen molar-refractivity contribution in [3.8, 4) is 0 Å². The summed E-state index contributed by atoms with van der Waals surface area (Å²) in [6.45, 7) is 6.88. The van der Waals surface area contributed by atoms with Crippen LogP contribution in [0.4, 0.5) is 0 Å². The highest BCUT2D eigenvalue weighted by Gasteiger charge is 2.09. The van der Waals surface area contributed by atoms with Gasteiger partial charge < -0.3 is 0 Å². The number of rotatable bonds is 5. The third-order valence-electron chi connectivity index (χ3n) is 0.960. The fourth-order valence-electron chi connectivity index (χ4n) is 0.564. The lowest BCUT2D eigenvalue weighted by Gasteiger charge is -2.07. The quantitative estimate of drug-likeness (QED) is 0.465. The predicted molar refractivity (Wildman–Crippen MR) is 44.7 cm³/mol. The second kappa shape index (κ2) is 4.31. The molecule has 0 spiro atoms. The third kappa shape index (κ3) is 5.82. The van der Waals surface area contributed by atoms with E-state index in [1.807, 2.05) is 0 Å². The highest BCUT2D eigenvalue weighted by molar-refractivity contribution is 7.86. The van der Waals surface area contributed by atoms with Gasteiger partial charge in [0.1, 0.15) is 0 Å². The summed E-state index contributed by atoms with van der Waals surface area (Å²) in [6.07, 6.45) is 3.99. The van der Waals surface area contributed by atoms with Gasteiger partial charge in [-0.05, 0) is 6.42 Å². The number of hydrogen-bond acceptors (Lipinski definition) is 3. The van der Waals surface area contributed by atoms with Crippen LogP contribution in [0, 0.1) is 0 Å². The molecule has 0 rings (SSSR count). The Balaban J connectivity index is 4.08. The molecule has 0 fully saturated rings. The molecule has 4 heteroatoms. The van der Waals surface area contributed by atoms with Crippen molar-refractivity contribution in [2.24, 2.45) is 0 Å². The molecule has 3 nitrogen and oxygen atoms in total. The van der Waals surface area contributed by atoms with E-state index in [-0.39, 0.29) is 0 Å². The Morgan fingerprint density at radius 3 is 2.36 bits per heavy atom. The molecule has 0 aliphatic heterocycles. The highest BCUT2D eigenvalue weighted by Crippen LogP contribution is 2.03. The Morgan fingerprint density at radius 2 is 2.09 bits per heavy atom. The van der Waals surface area contributed by atoms with E-state index < -0.39 is 16.2 Å². The summed E-state index contributed by atoms with van der Waals surface area (Å²) in [4.78, 5) is 0. The first-order chi connectivity index (χ1) is 4.99. The van der Waals surface area contributed by atoms with Crippen LogP contribution >= 0.6 is 0 Å². The van der Waals surface area contributed by atoms with Crippen LogP contribution in [-0.4, -0.2) is 20.8 Å². The lowest BCUT2D eigenvalue weighted by molar-refractivity contribution is 0.262. The first kappa shape index (κ1) is 10.4. The van der Waals surface area contributed by atoms with Gasteiger partial charge in [-0.1, -0.05) is 12.2 Å². The van der Waals surface area contributed by atoms with E-state index in [2.05, 4.69) is 17.3 Å². The molecule has 11 heavy (non-hydrogen) atoms. The average molecular weight is 176 g/mol. The summed E-state index contributed by atoms with van der Waals surface area (Å²) >= 11 is 0. The summed E-state index contributed by atoms with van der Waals surface area (Å²) in [5.74, 6) is 0. The van der Waals surface area contributed by atoms with E-state index in [0.717, 1.165) is 6.26 Å². The van der Waals surface area contributed by atoms with E-state index in [1.165, 1.54) is 6.08 Å². The lowest BCUT2D eigenvalue weighted by atomic mass is 10.2. The highest BCUT2D eigenvalue weighted by atomic mass is 32.2. The van der Waals surface area contributed by atoms with E-state index in [1.54, 1.807) is 6.08 Å². The zero-order valence-electron chi connectivity index (χ0n) is 6.49. The van der Waals surface area contributed by atoms with Crippen molar-refractivity contribution in [2.45, 2.75) is 12.5 Å². The van der Waals surface area contributed by atoms with Crippen LogP contribution in [0.25, 0.3) is 0 Å². The molecule has 0 aromatic carbocycles. The SMILES string of the molecule is C=CCC(C=C)OS(C)(=O)=O. The first-order valence-electron chi connectivity index (χ1n) is 3.11. The Labute approximate surface area is 67.5 Å². The zero-order valence-corrected chi connectivity index (χ0v) is 7.30. The van der Waals surface area contributed by atoms with Crippen LogP contribution in [0.2, 0.25) is 0 Å². The van der Waals surface area contributed by atoms with Crippen molar-refractivity contribution in [2.75, 3.05) is 6.26 Å². The van der Waals surface area contributed by atoms with Gasteiger partial charge in [0, 0.05) is 0 Å². The van der Waals surface area contributed by atoms with Crippen molar-refractivity contribution in [1.29, 1.82) is 0 Å². The van der Waals surface area contributed by atoms with E-state index >= 15 is 0 Å². The minimum atomic E-state index is -3.38. The van der Waals surface area contributed by atoms with Crippen LogP contribution in [-0.2, 0) is 14.3 Å². The third-order valence-corrected chi connectivity index (χ3v) is 1.56. The molecule has 0 heterocycles. The molecule has 0 saturated heterocycles. The molecule has 1 unspecified atom stereocenters. The van der Waals surface area contributed by atoms with Crippen molar-refractivity contribution in [3.63, 3.8) is 0 Å². The number of hydrogen-bond donors (Lipinski definition) is 0. The fraction of sp³-hybridized carbons (Fsp3) is 0.429. The second-order valence-corrected chi connectivity index (χ2v) is 3.70. The molecule has 0 bridgehead atoms. The van der Waals surface area contributed by atoms with Gasteiger partial charge in [-0.3, -0.25) is 4.18 Å². The van der Waals surface area contributed by atoms with Crippen LogP contribution in [0.15, 0.2) is 25.3 Å². The van der Waals surface area contributed by atoms with Crippen LogP contribution in [0.1, 0.15) is 6.42 Å². The van der Waals surface area contributed by atoms with Gasteiger partial charge in [-0.2, -0.15) is 8.42 Å². The van der Waals surface area contributed by atoms with E-state index in [9.17, 15) is 8.42 Å². The first-order valence-corrected chi connectivity index (χ1v) is 4.93. The maximum Gasteiger partial charge on any atom is 0.264 e. The monoisotopic (exact) mass is 176 g/mol. The predicted octanol–water partition coefficient (Wildman–Crippen LogP) is 1.09. The van der Waals surface area contributed by atoms with Gasteiger partial charge in [0.25, 0.3) is 10.1 Å². The molecular weight excluding hydrogens is 164 g/mol. The molecular formula is C7H12O3S. The zero-order chi connectivity index (χ0) is 8.91. The van der Waals surface area contributed by atoms with Gasteiger partial charge in [-0.25, -0.2) is 0 Å². The average Bonchev–Trinajstić information content (AvgIpc) is 1.84. The maximum absolute atomic E-state index is 10.6. The van der Waals surface area contributed by atoms with Crippen LogP contribution in [0.3, 0.4) is 0 Å². The molecule has 0 aromatic heterocycles. The summed E-state index contributed by atoms with van der Waals surface area (Å²) < 4.78 is 25.8.